The summed E-state index contributed by atoms with van der Waals surface area (Å²) >= 11 is 3.38. The van der Waals surface area contributed by atoms with Gasteiger partial charge in [0.1, 0.15) is 6.10 Å². The number of aliphatic hydroxyl groups is 1. The first-order valence-corrected chi connectivity index (χ1v) is 5.60. The third kappa shape index (κ3) is 2.56. The molecule has 1 atom stereocenters. The Balaban J connectivity index is 2.76. The zero-order valence-corrected chi connectivity index (χ0v) is 10.1. The summed E-state index contributed by atoms with van der Waals surface area (Å²) in [6.07, 6.45) is 1.21. The molecule has 0 amide bonds. The molecule has 80 valence electrons. The Hall–Kier alpha value is -0.390. The minimum atomic E-state index is -0.508. The van der Waals surface area contributed by atoms with E-state index in [1.165, 1.54) is 0 Å². The fraction of sp³-hybridized carbons (Fsp3) is 0.667. The molecule has 4 nitrogen and oxygen atoms in total. The number of nitrogens with one attached hydrogen (secondary N) is 1. The monoisotopic (exact) mass is 261 g/mol. The number of halogens is 1. The molecule has 1 rings (SSSR count). The molecule has 0 radical (unpaired) electrons. The van der Waals surface area contributed by atoms with E-state index in [-0.39, 0.29) is 0 Å². The highest BCUT2D eigenvalue weighted by molar-refractivity contribution is 9.10. The first-order valence-electron chi connectivity index (χ1n) is 4.80. The summed E-state index contributed by atoms with van der Waals surface area (Å²) in [5.74, 6) is 0. The molecule has 1 heterocycles. The zero-order valence-electron chi connectivity index (χ0n) is 8.50. The first-order chi connectivity index (χ1) is 6.70. The second-order valence-corrected chi connectivity index (χ2v) is 3.87. The van der Waals surface area contributed by atoms with Crippen LogP contribution in [0, 0.1) is 0 Å². The number of rotatable bonds is 5. The van der Waals surface area contributed by atoms with E-state index in [1.807, 2.05) is 13.8 Å². The van der Waals surface area contributed by atoms with Crippen LogP contribution in [0.2, 0.25) is 0 Å². The predicted octanol–water partition coefficient (Wildman–Crippen LogP) is 1.31. The van der Waals surface area contributed by atoms with Gasteiger partial charge in [0.25, 0.3) is 0 Å². The van der Waals surface area contributed by atoms with E-state index in [1.54, 1.807) is 10.9 Å². The summed E-state index contributed by atoms with van der Waals surface area (Å²) in [4.78, 5) is 0. The van der Waals surface area contributed by atoms with Crippen LogP contribution in [0.1, 0.15) is 25.6 Å². The van der Waals surface area contributed by atoms with Crippen molar-refractivity contribution in [3.05, 3.63) is 16.4 Å². The maximum absolute atomic E-state index is 9.88. The van der Waals surface area contributed by atoms with Crippen molar-refractivity contribution >= 4 is 15.9 Å². The zero-order chi connectivity index (χ0) is 10.6. The lowest BCUT2D eigenvalue weighted by Gasteiger charge is -2.13. The molecule has 0 aliphatic carbocycles. The van der Waals surface area contributed by atoms with Crippen LogP contribution >= 0.6 is 15.9 Å². The van der Waals surface area contributed by atoms with E-state index < -0.39 is 6.10 Å². The number of likely N-dealkylation sites (N-methyl/N-ethyl adjacent to an activating group) is 1. The van der Waals surface area contributed by atoms with Crippen LogP contribution in [0.3, 0.4) is 0 Å². The Labute approximate surface area is 92.4 Å². The van der Waals surface area contributed by atoms with Crippen molar-refractivity contribution in [3.63, 3.8) is 0 Å². The highest BCUT2D eigenvalue weighted by Gasteiger charge is 2.16. The molecular weight excluding hydrogens is 246 g/mol. The summed E-state index contributed by atoms with van der Waals surface area (Å²) in [5, 5.41) is 17.1. The van der Waals surface area contributed by atoms with Crippen molar-refractivity contribution in [3.8, 4) is 0 Å². The molecule has 0 saturated carbocycles. The maximum Gasteiger partial charge on any atom is 0.109 e. The molecular formula is C9H16BrN3O. The van der Waals surface area contributed by atoms with E-state index in [0.29, 0.717) is 6.54 Å². The summed E-state index contributed by atoms with van der Waals surface area (Å²) in [7, 11) is 0. The smallest absolute Gasteiger partial charge is 0.109 e. The van der Waals surface area contributed by atoms with Gasteiger partial charge >= 0.3 is 0 Å². The van der Waals surface area contributed by atoms with E-state index in [2.05, 4.69) is 26.3 Å². The summed E-state index contributed by atoms with van der Waals surface area (Å²) in [6.45, 7) is 6.20. The standard InChI is InChI=1S/C9H16BrN3O/c1-3-11-6-8(14)9-7(10)5-12-13(9)4-2/h5,8,11,14H,3-4,6H2,1-2H3. The Bertz CT molecular complexity index is 288. The number of hydrogen-bond acceptors (Lipinski definition) is 3. The van der Waals surface area contributed by atoms with Gasteiger partial charge in [0.2, 0.25) is 0 Å². The van der Waals surface area contributed by atoms with Gasteiger partial charge in [0.05, 0.1) is 16.4 Å². The normalized spacial score (nSPS) is 13.1. The number of aryl methyl sites for hydroxylation is 1. The van der Waals surface area contributed by atoms with Gasteiger partial charge in [0, 0.05) is 13.1 Å². The molecule has 0 aliphatic heterocycles. The van der Waals surface area contributed by atoms with Crippen LogP contribution in [0.5, 0.6) is 0 Å². The van der Waals surface area contributed by atoms with Crippen LogP contribution in [0.25, 0.3) is 0 Å². The van der Waals surface area contributed by atoms with Gasteiger partial charge in [-0.25, -0.2) is 0 Å². The lowest BCUT2D eigenvalue weighted by atomic mass is 10.2. The van der Waals surface area contributed by atoms with Crippen molar-refractivity contribution in [2.75, 3.05) is 13.1 Å². The lowest BCUT2D eigenvalue weighted by Crippen LogP contribution is -2.23. The van der Waals surface area contributed by atoms with Gasteiger partial charge in [-0.1, -0.05) is 6.92 Å². The van der Waals surface area contributed by atoms with Gasteiger partial charge in [-0.3, -0.25) is 4.68 Å². The average molecular weight is 262 g/mol. The van der Waals surface area contributed by atoms with Gasteiger partial charge in [-0.2, -0.15) is 5.10 Å². The average Bonchev–Trinajstić information content (AvgIpc) is 2.56. The largest absolute Gasteiger partial charge is 0.385 e. The molecule has 1 aromatic heterocycles. The van der Waals surface area contributed by atoms with E-state index in [4.69, 9.17) is 0 Å². The van der Waals surface area contributed by atoms with Gasteiger partial charge < -0.3 is 10.4 Å². The second kappa shape index (κ2) is 5.48. The highest BCUT2D eigenvalue weighted by atomic mass is 79.9. The fourth-order valence-electron chi connectivity index (χ4n) is 1.33. The minimum Gasteiger partial charge on any atom is -0.385 e. The number of aliphatic hydroxyl groups excluding tert-OH is 1. The van der Waals surface area contributed by atoms with Crippen molar-refractivity contribution in [1.82, 2.24) is 15.1 Å². The second-order valence-electron chi connectivity index (χ2n) is 3.02. The molecule has 0 aromatic carbocycles. The molecule has 2 N–H and O–H groups in total. The topological polar surface area (TPSA) is 50.1 Å². The molecule has 0 fully saturated rings. The third-order valence-electron chi connectivity index (χ3n) is 2.04. The van der Waals surface area contributed by atoms with Crippen LogP contribution in [0.4, 0.5) is 0 Å². The van der Waals surface area contributed by atoms with E-state index in [0.717, 1.165) is 23.3 Å². The molecule has 0 aliphatic rings. The van der Waals surface area contributed by atoms with Crippen LogP contribution < -0.4 is 5.32 Å². The minimum absolute atomic E-state index is 0.508. The molecule has 0 saturated heterocycles. The molecule has 1 aromatic rings. The van der Waals surface area contributed by atoms with E-state index >= 15 is 0 Å². The number of hydrogen-bond donors (Lipinski definition) is 2. The van der Waals surface area contributed by atoms with Gasteiger partial charge in [0.15, 0.2) is 0 Å². The molecule has 1 unspecified atom stereocenters. The SMILES string of the molecule is CCNCC(O)c1c(Br)cnn1CC. The van der Waals surface area contributed by atoms with Crippen molar-refractivity contribution in [2.24, 2.45) is 0 Å². The fourth-order valence-corrected chi connectivity index (χ4v) is 1.89. The van der Waals surface area contributed by atoms with Gasteiger partial charge in [-0.15, -0.1) is 0 Å². The lowest BCUT2D eigenvalue weighted by molar-refractivity contribution is 0.164. The Morgan fingerprint density at radius 2 is 2.36 bits per heavy atom. The van der Waals surface area contributed by atoms with Crippen LogP contribution in [-0.2, 0) is 6.54 Å². The van der Waals surface area contributed by atoms with Crippen LogP contribution in [0.15, 0.2) is 10.7 Å². The molecule has 14 heavy (non-hydrogen) atoms. The Morgan fingerprint density at radius 3 is 2.93 bits per heavy atom. The third-order valence-corrected chi connectivity index (χ3v) is 2.65. The summed E-state index contributed by atoms with van der Waals surface area (Å²) < 4.78 is 2.66. The van der Waals surface area contributed by atoms with Gasteiger partial charge in [-0.05, 0) is 29.4 Å². The van der Waals surface area contributed by atoms with Crippen molar-refractivity contribution in [1.29, 1.82) is 0 Å². The van der Waals surface area contributed by atoms with Crippen molar-refractivity contribution < 1.29 is 5.11 Å². The Morgan fingerprint density at radius 1 is 1.64 bits per heavy atom. The maximum atomic E-state index is 9.88. The first kappa shape index (κ1) is 11.7. The number of aromatic nitrogens is 2. The summed E-state index contributed by atoms with van der Waals surface area (Å²) in [5.41, 5.74) is 0.841. The molecule has 0 spiro atoms. The van der Waals surface area contributed by atoms with E-state index in [9.17, 15) is 5.11 Å². The van der Waals surface area contributed by atoms with Crippen LogP contribution in [-0.4, -0.2) is 28.0 Å². The summed E-state index contributed by atoms with van der Waals surface area (Å²) in [6, 6.07) is 0. The highest BCUT2D eigenvalue weighted by Crippen LogP contribution is 2.22. The Kier molecular flexibility index (Phi) is 4.57. The molecule has 5 heteroatoms. The number of nitrogens with zero attached hydrogens (tertiary/aromatic N) is 2. The quantitative estimate of drug-likeness (QED) is 0.841. The predicted molar refractivity (Wildman–Crippen MR) is 59.1 cm³/mol. The molecule has 0 bridgehead atoms. The van der Waals surface area contributed by atoms with Crippen molar-refractivity contribution in [2.45, 2.75) is 26.5 Å².